The van der Waals surface area contributed by atoms with Crippen molar-refractivity contribution in [2.24, 2.45) is 0 Å². The van der Waals surface area contributed by atoms with Gasteiger partial charge in [0.15, 0.2) is 16.1 Å². The number of nitrogens with zero attached hydrogens (tertiary/aromatic N) is 2. The Balaban J connectivity index is 1.88. The van der Waals surface area contributed by atoms with E-state index in [1.165, 1.54) is 7.11 Å². The summed E-state index contributed by atoms with van der Waals surface area (Å²) in [6.07, 6.45) is 4.97. The third-order valence-corrected chi connectivity index (χ3v) is 7.63. The van der Waals surface area contributed by atoms with Gasteiger partial charge in [-0.25, -0.2) is 17.9 Å². The highest BCUT2D eigenvalue weighted by molar-refractivity contribution is 7.90. The molecule has 2 heterocycles. The number of benzene rings is 2. The van der Waals surface area contributed by atoms with Crippen molar-refractivity contribution in [3.05, 3.63) is 71.4 Å². The third kappa shape index (κ3) is 4.72. The zero-order valence-electron chi connectivity index (χ0n) is 18.9. The predicted octanol–water partition coefficient (Wildman–Crippen LogP) is 4.57. The molecular formula is C25H28N2O5S. The summed E-state index contributed by atoms with van der Waals surface area (Å²) < 4.78 is 39.2. The van der Waals surface area contributed by atoms with Gasteiger partial charge in [-0.3, -0.25) is 0 Å². The first-order valence-corrected chi connectivity index (χ1v) is 12.8. The fraction of sp³-hybridized carbons (Fsp3) is 0.360. The molecule has 1 aliphatic heterocycles. The van der Waals surface area contributed by atoms with Crippen LogP contribution in [-0.4, -0.2) is 37.9 Å². The molecule has 7 nitrogen and oxygen atoms in total. The molecule has 4 rings (SSSR count). The number of rotatable bonds is 7. The Morgan fingerprint density at radius 1 is 1.12 bits per heavy atom. The minimum atomic E-state index is -3.67. The highest BCUT2D eigenvalue weighted by atomic mass is 32.2. The van der Waals surface area contributed by atoms with E-state index in [1.54, 1.807) is 47.3 Å². The fourth-order valence-corrected chi connectivity index (χ4v) is 5.69. The smallest absolute Gasteiger partial charge is 0.338 e. The Morgan fingerprint density at radius 2 is 1.88 bits per heavy atom. The second-order valence-electron chi connectivity index (χ2n) is 8.03. The van der Waals surface area contributed by atoms with Crippen LogP contribution in [0.15, 0.2) is 59.6 Å². The standard InChI is InChI=1S/C25H28N2O5S/c1-3-18-12-13-19(17-33(29,30)20-9-5-4-6-10-20)24(25(28)31-2)23(18)21-14-15-26-27(21)22-11-7-8-16-32-22/h4-6,9-10,12-15,22H,3,7-8,11,16-17H2,1-2H3. The van der Waals surface area contributed by atoms with Crippen LogP contribution in [0.25, 0.3) is 11.3 Å². The van der Waals surface area contributed by atoms with Gasteiger partial charge in [0.05, 0.1) is 29.0 Å². The number of carbonyl (C=O) groups is 1. The van der Waals surface area contributed by atoms with E-state index in [9.17, 15) is 13.2 Å². The molecule has 8 heteroatoms. The quantitative estimate of drug-likeness (QED) is 0.472. The maximum atomic E-state index is 13.1. The Bertz CT molecular complexity index is 1230. The van der Waals surface area contributed by atoms with E-state index in [0.717, 1.165) is 30.5 Å². The van der Waals surface area contributed by atoms with Crippen molar-refractivity contribution in [3.63, 3.8) is 0 Å². The first-order chi connectivity index (χ1) is 16.0. The molecule has 0 saturated carbocycles. The summed E-state index contributed by atoms with van der Waals surface area (Å²) in [6, 6.07) is 13.7. The number of hydrogen-bond acceptors (Lipinski definition) is 6. The van der Waals surface area contributed by atoms with E-state index >= 15 is 0 Å². The van der Waals surface area contributed by atoms with E-state index in [4.69, 9.17) is 9.47 Å². The second-order valence-corrected chi connectivity index (χ2v) is 10.0. The summed E-state index contributed by atoms with van der Waals surface area (Å²) in [5, 5.41) is 4.49. The summed E-state index contributed by atoms with van der Waals surface area (Å²) in [4.78, 5) is 13.3. The number of hydrogen-bond donors (Lipinski definition) is 0. The lowest BCUT2D eigenvalue weighted by molar-refractivity contribution is -0.0383. The maximum Gasteiger partial charge on any atom is 0.338 e. The first kappa shape index (κ1) is 23.2. The van der Waals surface area contributed by atoms with E-state index < -0.39 is 15.8 Å². The maximum absolute atomic E-state index is 13.1. The van der Waals surface area contributed by atoms with Crippen molar-refractivity contribution in [1.29, 1.82) is 0 Å². The van der Waals surface area contributed by atoms with E-state index in [0.29, 0.717) is 24.2 Å². The van der Waals surface area contributed by atoms with E-state index in [2.05, 4.69) is 5.10 Å². The first-order valence-electron chi connectivity index (χ1n) is 11.1. The van der Waals surface area contributed by atoms with Crippen LogP contribution in [0.4, 0.5) is 0 Å². The van der Waals surface area contributed by atoms with Crippen molar-refractivity contribution in [3.8, 4) is 11.3 Å². The molecule has 33 heavy (non-hydrogen) atoms. The molecule has 2 aromatic carbocycles. The molecule has 3 aromatic rings. The molecule has 0 bridgehead atoms. The van der Waals surface area contributed by atoms with Gasteiger partial charge in [-0.2, -0.15) is 5.10 Å². The van der Waals surface area contributed by atoms with Crippen LogP contribution in [0.5, 0.6) is 0 Å². The number of aromatic nitrogens is 2. The zero-order chi connectivity index (χ0) is 23.4. The lowest BCUT2D eigenvalue weighted by Gasteiger charge is -2.26. The van der Waals surface area contributed by atoms with Crippen LogP contribution in [-0.2, 0) is 31.5 Å². The van der Waals surface area contributed by atoms with Gasteiger partial charge in [0.25, 0.3) is 0 Å². The highest BCUT2D eigenvalue weighted by Crippen LogP contribution is 2.36. The number of ether oxygens (including phenoxy) is 2. The van der Waals surface area contributed by atoms with Gasteiger partial charge in [-0.05, 0) is 55.0 Å². The largest absolute Gasteiger partial charge is 0.465 e. The van der Waals surface area contributed by atoms with Crippen molar-refractivity contribution < 1.29 is 22.7 Å². The van der Waals surface area contributed by atoms with Gasteiger partial charge in [-0.1, -0.05) is 37.3 Å². The zero-order valence-corrected chi connectivity index (χ0v) is 19.7. The van der Waals surface area contributed by atoms with Crippen molar-refractivity contribution in [2.45, 2.75) is 49.5 Å². The Kier molecular flexibility index (Phi) is 6.95. The molecule has 0 N–H and O–H groups in total. The minimum absolute atomic E-state index is 0.211. The van der Waals surface area contributed by atoms with Gasteiger partial charge >= 0.3 is 5.97 Å². The van der Waals surface area contributed by atoms with Gasteiger partial charge < -0.3 is 9.47 Å². The molecule has 0 amide bonds. The summed E-state index contributed by atoms with van der Waals surface area (Å²) in [7, 11) is -2.36. The monoisotopic (exact) mass is 468 g/mol. The van der Waals surface area contributed by atoms with Crippen LogP contribution in [0.1, 0.15) is 53.9 Å². The number of sulfone groups is 1. The van der Waals surface area contributed by atoms with Crippen LogP contribution >= 0.6 is 0 Å². The Hall–Kier alpha value is -2.97. The molecule has 1 atom stereocenters. The second kappa shape index (κ2) is 9.89. The topological polar surface area (TPSA) is 87.5 Å². The fourth-order valence-electron chi connectivity index (χ4n) is 4.31. The SMILES string of the molecule is CCc1ccc(CS(=O)(=O)c2ccccc2)c(C(=O)OC)c1-c1ccnn1C1CCCCO1. The summed E-state index contributed by atoms with van der Waals surface area (Å²) in [6.45, 7) is 2.65. The molecule has 0 radical (unpaired) electrons. The van der Waals surface area contributed by atoms with Crippen LogP contribution in [0.3, 0.4) is 0 Å². The van der Waals surface area contributed by atoms with Crippen LogP contribution in [0.2, 0.25) is 0 Å². The lowest BCUT2D eigenvalue weighted by Crippen LogP contribution is -2.21. The predicted molar refractivity (Wildman–Crippen MR) is 125 cm³/mol. The van der Waals surface area contributed by atoms with E-state index in [1.807, 2.05) is 19.1 Å². The molecule has 0 spiro atoms. The van der Waals surface area contributed by atoms with Crippen LogP contribution < -0.4 is 0 Å². The number of aryl methyl sites for hydroxylation is 1. The lowest BCUT2D eigenvalue weighted by atomic mass is 9.92. The molecule has 0 aliphatic carbocycles. The molecule has 1 unspecified atom stereocenters. The average molecular weight is 469 g/mol. The highest BCUT2D eigenvalue weighted by Gasteiger charge is 2.28. The van der Waals surface area contributed by atoms with Gasteiger partial charge in [0.1, 0.15) is 0 Å². The van der Waals surface area contributed by atoms with Crippen LogP contribution in [0, 0.1) is 0 Å². The molecule has 1 aromatic heterocycles. The number of esters is 1. The molecule has 1 fully saturated rings. The normalized spacial score (nSPS) is 16.5. The Morgan fingerprint density at radius 3 is 2.55 bits per heavy atom. The van der Waals surface area contributed by atoms with E-state index in [-0.39, 0.29) is 22.4 Å². The number of methoxy groups -OCH3 is 1. The van der Waals surface area contributed by atoms with Crippen molar-refractivity contribution in [1.82, 2.24) is 9.78 Å². The van der Waals surface area contributed by atoms with Gasteiger partial charge in [0.2, 0.25) is 0 Å². The average Bonchev–Trinajstić information content (AvgIpc) is 3.34. The third-order valence-electron chi connectivity index (χ3n) is 5.95. The van der Waals surface area contributed by atoms with Gasteiger partial charge in [0, 0.05) is 18.4 Å². The number of carbonyl (C=O) groups excluding carboxylic acids is 1. The molecular weight excluding hydrogens is 440 g/mol. The Labute approximate surface area is 194 Å². The summed E-state index contributed by atoms with van der Waals surface area (Å²) in [5.74, 6) is -0.886. The van der Waals surface area contributed by atoms with Crippen molar-refractivity contribution in [2.75, 3.05) is 13.7 Å². The molecule has 1 saturated heterocycles. The summed E-state index contributed by atoms with van der Waals surface area (Å²) in [5.41, 5.74) is 2.94. The summed E-state index contributed by atoms with van der Waals surface area (Å²) >= 11 is 0. The molecule has 174 valence electrons. The van der Waals surface area contributed by atoms with Gasteiger partial charge in [-0.15, -0.1) is 0 Å². The minimum Gasteiger partial charge on any atom is -0.465 e. The molecule has 1 aliphatic rings. The van der Waals surface area contributed by atoms with Crippen molar-refractivity contribution >= 4 is 15.8 Å².